The summed E-state index contributed by atoms with van der Waals surface area (Å²) in [6.07, 6.45) is 0.273. The molecule has 3 aliphatic heterocycles. The first kappa shape index (κ1) is 15.9. The molecule has 28 heavy (non-hydrogen) atoms. The van der Waals surface area contributed by atoms with Crippen molar-refractivity contribution in [2.24, 2.45) is 0 Å². The van der Waals surface area contributed by atoms with Crippen molar-refractivity contribution in [1.82, 2.24) is 0 Å². The van der Waals surface area contributed by atoms with Crippen LogP contribution in [-0.4, -0.2) is 41.5 Å². The van der Waals surface area contributed by atoms with E-state index in [-0.39, 0.29) is 6.17 Å². The predicted octanol–water partition coefficient (Wildman–Crippen LogP) is 4.05. The lowest BCUT2D eigenvalue weighted by atomic mass is 9.99. The molecule has 0 bridgehead atoms. The number of anilines is 5. The molecule has 0 radical (unpaired) electrons. The second-order valence-electron chi connectivity index (χ2n) is 8.44. The molecule has 3 aromatic rings. The zero-order valence-corrected chi connectivity index (χ0v) is 16.8. The van der Waals surface area contributed by atoms with Crippen LogP contribution in [0.15, 0.2) is 48.5 Å². The maximum atomic E-state index is 2.59. The van der Waals surface area contributed by atoms with Gasteiger partial charge in [0.25, 0.3) is 0 Å². The fourth-order valence-electron chi connectivity index (χ4n) is 5.19. The van der Waals surface area contributed by atoms with Gasteiger partial charge < -0.3 is 24.5 Å². The molecule has 5 nitrogen and oxygen atoms in total. The average molecular weight is 371 g/mol. The van der Waals surface area contributed by atoms with Gasteiger partial charge in [-0.1, -0.05) is 30.3 Å². The van der Waals surface area contributed by atoms with E-state index in [1.807, 2.05) is 0 Å². The van der Waals surface area contributed by atoms with Crippen LogP contribution >= 0.6 is 0 Å². The van der Waals surface area contributed by atoms with E-state index >= 15 is 0 Å². The van der Waals surface area contributed by atoms with Gasteiger partial charge in [0.05, 0.1) is 24.7 Å². The van der Waals surface area contributed by atoms with E-state index in [1.165, 1.54) is 44.8 Å². The number of rotatable bonds is 1. The lowest BCUT2D eigenvalue weighted by molar-refractivity contribution is 0.557. The van der Waals surface area contributed by atoms with E-state index in [0.717, 1.165) is 13.3 Å². The van der Waals surface area contributed by atoms with Crippen LogP contribution in [0.1, 0.15) is 11.7 Å². The van der Waals surface area contributed by atoms with Crippen LogP contribution < -0.4 is 24.5 Å². The molecule has 6 rings (SSSR count). The van der Waals surface area contributed by atoms with Crippen LogP contribution in [0.4, 0.5) is 28.4 Å². The second-order valence-corrected chi connectivity index (χ2v) is 8.44. The Labute approximate surface area is 166 Å². The van der Waals surface area contributed by atoms with E-state index in [0.29, 0.717) is 0 Å². The summed E-state index contributed by atoms with van der Waals surface area (Å²) in [6, 6.07) is 18.0. The Hall–Kier alpha value is -3.08. The van der Waals surface area contributed by atoms with Gasteiger partial charge in [0.1, 0.15) is 6.17 Å². The standard InChI is InChI=1S/C23H25N5/c1-24(2)16-11-19-21-20(12-16)26(4)14-28-22-17-8-6-5-7-15(17)9-10-18(22)27(23(21)28)13-25(19)3/h5-12,23H,13-14H2,1-4H3. The second kappa shape index (κ2) is 5.25. The molecular weight excluding hydrogens is 346 g/mol. The third kappa shape index (κ3) is 1.86. The maximum absolute atomic E-state index is 2.59. The summed E-state index contributed by atoms with van der Waals surface area (Å²) in [4.78, 5) is 12.1. The minimum atomic E-state index is 0.273. The van der Waals surface area contributed by atoms with Crippen molar-refractivity contribution in [3.05, 3.63) is 54.1 Å². The van der Waals surface area contributed by atoms with Gasteiger partial charge in [0, 0.05) is 56.2 Å². The van der Waals surface area contributed by atoms with E-state index in [9.17, 15) is 0 Å². The normalized spacial score (nSPS) is 19.2. The van der Waals surface area contributed by atoms with Gasteiger partial charge in [-0.15, -0.1) is 0 Å². The van der Waals surface area contributed by atoms with Crippen LogP contribution in [-0.2, 0) is 0 Å². The lowest BCUT2D eigenvalue weighted by Gasteiger charge is -2.48. The van der Waals surface area contributed by atoms with Crippen LogP contribution in [0.3, 0.4) is 0 Å². The fraction of sp³-hybridized carbons (Fsp3) is 0.304. The summed E-state index contributed by atoms with van der Waals surface area (Å²) in [6.45, 7) is 1.80. The zero-order chi connectivity index (χ0) is 19.2. The highest BCUT2D eigenvalue weighted by atomic mass is 15.5. The molecule has 3 aromatic carbocycles. The molecule has 3 aliphatic rings. The number of benzene rings is 3. The van der Waals surface area contributed by atoms with Crippen LogP contribution in [0.2, 0.25) is 0 Å². The number of hydrogen-bond donors (Lipinski definition) is 0. The summed E-state index contributed by atoms with van der Waals surface area (Å²) in [7, 11) is 8.67. The van der Waals surface area contributed by atoms with E-state index in [2.05, 4.69) is 101 Å². The van der Waals surface area contributed by atoms with Gasteiger partial charge in [-0.2, -0.15) is 0 Å². The van der Waals surface area contributed by atoms with Crippen molar-refractivity contribution in [2.75, 3.05) is 66.0 Å². The van der Waals surface area contributed by atoms with Gasteiger partial charge in [0.15, 0.2) is 0 Å². The molecule has 0 aliphatic carbocycles. The molecule has 0 N–H and O–H groups in total. The molecule has 0 amide bonds. The van der Waals surface area contributed by atoms with Gasteiger partial charge in [-0.25, -0.2) is 0 Å². The minimum Gasteiger partial charge on any atom is -0.378 e. The van der Waals surface area contributed by atoms with Gasteiger partial charge >= 0.3 is 0 Å². The van der Waals surface area contributed by atoms with E-state index in [4.69, 9.17) is 0 Å². The molecule has 5 heteroatoms. The first-order valence-electron chi connectivity index (χ1n) is 9.87. The monoisotopic (exact) mass is 371 g/mol. The third-order valence-electron chi connectivity index (χ3n) is 6.51. The summed E-state index contributed by atoms with van der Waals surface area (Å²) >= 11 is 0. The van der Waals surface area contributed by atoms with E-state index in [1.54, 1.807) is 0 Å². The Bertz CT molecular complexity index is 1100. The Morgan fingerprint density at radius 3 is 2.21 bits per heavy atom. The highest BCUT2D eigenvalue weighted by molar-refractivity contribution is 6.04. The molecule has 0 saturated carbocycles. The summed E-state index contributed by atoms with van der Waals surface area (Å²) in [5, 5.41) is 2.66. The predicted molar refractivity (Wildman–Crippen MR) is 119 cm³/mol. The Balaban J connectivity index is 1.64. The Morgan fingerprint density at radius 2 is 1.50 bits per heavy atom. The van der Waals surface area contributed by atoms with E-state index < -0.39 is 0 Å². The van der Waals surface area contributed by atoms with Gasteiger partial charge in [-0.3, -0.25) is 0 Å². The number of fused-ring (bicyclic) bond motifs is 5. The topological polar surface area (TPSA) is 16.2 Å². The smallest absolute Gasteiger partial charge is 0.135 e. The van der Waals surface area contributed by atoms with Crippen LogP contribution in [0.5, 0.6) is 0 Å². The van der Waals surface area contributed by atoms with Crippen molar-refractivity contribution in [3.63, 3.8) is 0 Å². The maximum Gasteiger partial charge on any atom is 0.135 e. The molecular formula is C23H25N5. The quantitative estimate of drug-likeness (QED) is 0.640. The van der Waals surface area contributed by atoms with Gasteiger partial charge in [-0.05, 0) is 23.6 Å². The summed E-state index contributed by atoms with van der Waals surface area (Å²) < 4.78 is 0. The van der Waals surface area contributed by atoms with Crippen molar-refractivity contribution < 1.29 is 0 Å². The molecule has 0 aromatic heterocycles. The molecule has 0 saturated heterocycles. The van der Waals surface area contributed by atoms with Crippen molar-refractivity contribution in [2.45, 2.75) is 6.17 Å². The number of nitrogens with zero attached hydrogens (tertiary/aromatic N) is 5. The summed E-state index contributed by atoms with van der Waals surface area (Å²) in [5.74, 6) is 0. The molecule has 1 atom stereocenters. The first-order chi connectivity index (χ1) is 13.5. The highest BCUT2D eigenvalue weighted by Crippen LogP contribution is 2.57. The SMILES string of the molecule is CN(C)c1cc2c3c(c1)N(C)CN1c4c(ccc5ccccc45)N(CN2C)C31. The molecule has 0 fully saturated rings. The molecule has 3 heterocycles. The molecule has 142 valence electrons. The Morgan fingerprint density at radius 1 is 0.821 bits per heavy atom. The average Bonchev–Trinajstić information content (AvgIpc) is 3.01. The highest BCUT2D eigenvalue weighted by Gasteiger charge is 2.47. The largest absolute Gasteiger partial charge is 0.378 e. The van der Waals surface area contributed by atoms with Crippen LogP contribution in [0.25, 0.3) is 10.8 Å². The lowest BCUT2D eigenvalue weighted by Crippen LogP contribution is -2.52. The first-order valence-corrected chi connectivity index (χ1v) is 9.87. The fourth-order valence-corrected chi connectivity index (χ4v) is 5.19. The van der Waals surface area contributed by atoms with Gasteiger partial charge in [0.2, 0.25) is 0 Å². The van der Waals surface area contributed by atoms with Crippen molar-refractivity contribution >= 4 is 39.2 Å². The Kier molecular flexibility index (Phi) is 2.99. The third-order valence-corrected chi connectivity index (χ3v) is 6.51. The van der Waals surface area contributed by atoms with Crippen molar-refractivity contribution in [3.8, 4) is 0 Å². The molecule has 0 spiro atoms. The molecule has 1 unspecified atom stereocenters. The van der Waals surface area contributed by atoms with Crippen molar-refractivity contribution in [1.29, 1.82) is 0 Å². The number of hydrogen-bond acceptors (Lipinski definition) is 5. The minimum absolute atomic E-state index is 0.273. The zero-order valence-electron chi connectivity index (χ0n) is 16.8. The van der Waals surface area contributed by atoms with Crippen LogP contribution in [0, 0.1) is 0 Å². The summed E-state index contributed by atoms with van der Waals surface area (Å²) in [5.41, 5.74) is 8.09.